The van der Waals surface area contributed by atoms with Gasteiger partial charge in [-0.1, -0.05) is 32.0 Å². The topological polar surface area (TPSA) is 40.5 Å². The second-order valence-electron chi connectivity index (χ2n) is 5.34. The van der Waals surface area contributed by atoms with E-state index < -0.39 is 6.10 Å². The SMILES string of the molecule is CC(C)CCC(=O)N1CCC(O)c2ccccc21. The molecule has 0 spiro atoms. The Labute approximate surface area is 108 Å². The van der Waals surface area contributed by atoms with Gasteiger partial charge in [0.2, 0.25) is 5.91 Å². The summed E-state index contributed by atoms with van der Waals surface area (Å²) in [6.45, 7) is 4.87. The van der Waals surface area contributed by atoms with E-state index in [0.29, 0.717) is 25.3 Å². The van der Waals surface area contributed by atoms with Crippen LogP contribution >= 0.6 is 0 Å². The summed E-state index contributed by atoms with van der Waals surface area (Å²) in [5.41, 5.74) is 1.76. The van der Waals surface area contributed by atoms with Gasteiger partial charge >= 0.3 is 0 Å². The zero-order chi connectivity index (χ0) is 13.1. The molecule has 0 aliphatic carbocycles. The first kappa shape index (κ1) is 13.1. The fourth-order valence-corrected chi connectivity index (χ4v) is 2.35. The number of nitrogens with zero attached hydrogens (tertiary/aromatic N) is 1. The minimum absolute atomic E-state index is 0.169. The molecule has 0 saturated carbocycles. The van der Waals surface area contributed by atoms with Crippen molar-refractivity contribution in [3.63, 3.8) is 0 Å². The highest BCUT2D eigenvalue weighted by atomic mass is 16.3. The Balaban J connectivity index is 2.15. The van der Waals surface area contributed by atoms with Gasteiger partial charge in [-0.05, 0) is 24.8 Å². The van der Waals surface area contributed by atoms with Crippen molar-refractivity contribution < 1.29 is 9.90 Å². The second kappa shape index (κ2) is 5.53. The number of carbonyl (C=O) groups is 1. The number of carbonyl (C=O) groups excluding carboxylic acids is 1. The predicted molar refractivity (Wildman–Crippen MR) is 72.4 cm³/mol. The third kappa shape index (κ3) is 2.72. The molecule has 3 heteroatoms. The van der Waals surface area contributed by atoms with E-state index in [0.717, 1.165) is 17.7 Å². The van der Waals surface area contributed by atoms with E-state index in [1.54, 1.807) is 0 Å². The number of fused-ring (bicyclic) bond motifs is 1. The number of aliphatic hydroxyl groups excluding tert-OH is 1. The Hall–Kier alpha value is -1.35. The van der Waals surface area contributed by atoms with Crippen molar-refractivity contribution in [2.45, 2.75) is 39.2 Å². The standard InChI is InChI=1S/C15H21NO2/c1-11(2)7-8-15(18)16-10-9-14(17)12-5-3-4-6-13(12)16/h3-6,11,14,17H,7-10H2,1-2H3. The Bertz CT molecular complexity index is 428. The average molecular weight is 247 g/mol. The van der Waals surface area contributed by atoms with Gasteiger partial charge in [0.05, 0.1) is 6.10 Å². The summed E-state index contributed by atoms with van der Waals surface area (Å²) in [4.78, 5) is 14.0. The van der Waals surface area contributed by atoms with Crippen molar-refractivity contribution >= 4 is 11.6 Å². The number of amides is 1. The van der Waals surface area contributed by atoms with Gasteiger partial charge in [0.25, 0.3) is 0 Å². The summed E-state index contributed by atoms with van der Waals surface area (Å²) >= 11 is 0. The number of para-hydroxylation sites is 1. The number of hydrogen-bond acceptors (Lipinski definition) is 2. The van der Waals surface area contributed by atoms with E-state index in [4.69, 9.17) is 0 Å². The summed E-state index contributed by atoms with van der Waals surface area (Å²) in [6.07, 6.45) is 1.70. The molecule has 0 saturated heterocycles. The molecule has 18 heavy (non-hydrogen) atoms. The van der Waals surface area contributed by atoms with Crippen molar-refractivity contribution in [2.24, 2.45) is 5.92 Å². The summed E-state index contributed by atoms with van der Waals surface area (Å²) in [5, 5.41) is 9.94. The maximum Gasteiger partial charge on any atom is 0.226 e. The summed E-state index contributed by atoms with van der Waals surface area (Å²) in [7, 11) is 0. The monoisotopic (exact) mass is 247 g/mol. The molecule has 1 aliphatic heterocycles. The van der Waals surface area contributed by atoms with Crippen molar-refractivity contribution in [1.82, 2.24) is 0 Å². The molecule has 3 nitrogen and oxygen atoms in total. The summed E-state index contributed by atoms with van der Waals surface area (Å²) in [5.74, 6) is 0.711. The van der Waals surface area contributed by atoms with Crippen LogP contribution in [0.1, 0.15) is 44.8 Å². The molecule has 2 rings (SSSR count). The number of anilines is 1. The molecule has 0 aromatic heterocycles. The van der Waals surface area contributed by atoms with Gasteiger partial charge in [0.1, 0.15) is 0 Å². The first-order valence-electron chi connectivity index (χ1n) is 6.67. The van der Waals surface area contributed by atoms with E-state index in [1.807, 2.05) is 29.2 Å². The van der Waals surface area contributed by atoms with Crippen molar-refractivity contribution in [2.75, 3.05) is 11.4 Å². The number of rotatable bonds is 3. The van der Waals surface area contributed by atoms with Crippen LogP contribution in [0.15, 0.2) is 24.3 Å². The van der Waals surface area contributed by atoms with E-state index in [2.05, 4.69) is 13.8 Å². The molecule has 1 amide bonds. The maximum absolute atomic E-state index is 12.2. The average Bonchev–Trinajstić information content (AvgIpc) is 2.37. The zero-order valence-corrected chi connectivity index (χ0v) is 11.1. The van der Waals surface area contributed by atoms with Gasteiger partial charge in [-0.2, -0.15) is 0 Å². The lowest BCUT2D eigenvalue weighted by Crippen LogP contribution is -2.36. The van der Waals surface area contributed by atoms with E-state index in [9.17, 15) is 9.90 Å². The summed E-state index contributed by atoms with van der Waals surface area (Å²) < 4.78 is 0. The lowest BCUT2D eigenvalue weighted by Gasteiger charge is -2.32. The van der Waals surface area contributed by atoms with Crippen LogP contribution in [-0.2, 0) is 4.79 Å². The van der Waals surface area contributed by atoms with Gasteiger partial charge in [0.15, 0.2) is 0 Å². The minimum atomic E-state index is -0.435. The van der Waals surface area contributed by atoms with Crippen LogP contribution in [0, 0.1) is 5.92 Å². The quantitative estimate of drug-likeness (QED) is 0.892. The Morgan fingerprint density at radius 2 is 2.17 bits per heavy atom. The molecule has 1 heterocycles. The molecule has 1 aromatic rings. The molecule has 98 valence electrons. The summed E-state index contributed by atoms with van der Waals surface area (Å²) in [6, 6.07) is 7.65. The molecule has 0 bridgehead atoms. The number of hydrogen-bond donors (Lipinski definition) is 1. The highest BCUT2D eigenvalue weighted by Gasteiger charge is 2.26. The third-order valence-corrected chi connectivity index (χ3v) is 3.45. The molecule has 1 N–H and O–H groups in total. The smallest absolute Gasteiger partial charge is 0.226 e. The molecule has 0 radical (unpaired) electrons. The fourth-order valence-electron chi connectivity index (χ4n) is 2.35. The van der Waals surface area contributed by atoms with E-state index >= 15 is 0 Å². The van der Waals surface area contributed by atoms with Gasteiger partial charge in [-0.25, -0.2) is 0 Å². The van der Waals surface area contributed by atoms with Crippen LogP contribution in [0.2, 0.25) is 0 Å². The van der Waals surface area contributed by atoms with E-state index in [1.165, 1.54) is 0 Å². The van der Waals surface area contributed by atoms with Crippen molar-refractivity contribution in [1.29, 1.82) is 0 Å². The van der Waals surface area contributed by atoms with Gasteiger partial charge in [-0.3, -0.25) is 4.79 Å². The third-order valence-electron chi connectivity index (χ3n) is 3.45. The Kier molecular flexibility index (Phi) is 4.02. The Morgan fingerprint density at radius 3 is 2.89 bits per heavy atom. The molecule has 0 fully saturated rings. The van der Waals surface area contributed by atoms with Gasteiger partial charge in [-0.15, -0.1) is 0 Å². The van der Waals surface area contributed by atoms with E-state index in [-0.39, 0.29) is 5.91 Å². The minimum Gasteiger partial charge on any atom is -0.388 e. The first-order valence-corrected chi connectivity index (χ1v) is 6.67. The van der Waals surface area contributed by atoms with Crippen molar-refractivity contribution in [3.05, 3.63) is 29.8 Å². The van der Waals surface area contributed by atoms with Crippen LogP contribution in [0.25, 0.3) is 0 Å². The Morgan fingerprint density at radius 1 is 1.44 bits per heavy atom. The molecule has 1 atom stereocenters. The van der Waals surface area contributed by atoms with Gasteiger partial charge in [0, 0.05) is 24.2 Å². The molecular weight excluding hydrogens is 226 g/mol. The normalized spacial score (nSPS) is 18.9. The van der Waals surface area contributed by atoms with Crippen LogP contribution in [-0.4, -0.2) is 17.6 Å². The second-order valence-corrected chi connectivity index (χ2v) is 5.34. The molecular formula is C15H21NO2. The zero-order valence-electron chi connectivity index (χ0n) is 11.1. The van der Waals surface area contributed by atoms with Crippen LogP contribution in [0.5, 0.6) is 0 Å². The fraction of sp³-hybridized carbons (Fsp3) is 0.533. The highest BCUT2D eigenvalue weighted by molar-refractivity contribution is 5.94. The lowest BCUT2D eigenvalue weighted by molar-refractivity contribution is -0.119. The maximum atomic E-state index is 12.2. The highest BCUT2D eigenvalue weighted by Crippen LogP contribution is 2.33. The van der Waals surface area contributed by atoms with Crippen LogP contribution < -0.4 is 4.90 Å². The van der Waals surface area contributed by atoms with Crippen LogP contribution in [0.3, 0.4) is 0 Å². The van der Waals surface area contributed by atoms with Crippen LogP contribution in [0.4, 0.5) is 5.69 Å². The van der Waals surface area contributed by atoms with Crippen molar-refractivity contribution in [3.8, 4) is 0 Å². The molecule has 1 unspecified atom stereocenters. The predicted octanol–water partition coefficient (Wildman–Crippen LogP) is 2.89. The molecule has 1 aromatic carbocycles. The number of benzene rings is 1. The molecule has 1 aliphatic rings. The van der Waals surface area contributed by atoms with Gasteiger partial charge < -0.3 is 10.0 Å². The largest absolute Gasteiger partial charge is 0.388 e. The number of aliphatic hydroxyl groups is 1. The first-order chi connectivity index (χ1) is 8.59. The lowest BCUT2D eigenvalue weighted by atomic mass is 9.98.